The number of benzene rings is 2. The Balaban J connectivity index is 2.62. The summed E-state index contributed by atoms with van der Waals surface area (Å²) in [5.41, 5.74) is 1.17. The summed E-state index contributed by atoms with van der Waals surface area (Å²) in [7, 11) is 0. The molecule has 0 aliphatic heterocycles. The maximum absolute atomic E-state index is 12.3. The molecule has 2 aromatic carbocycles. The minimum atomic E-state index is 0.0694. The van der Waals surface area contributed by atoms with E-state index >= 15 is 0 Å². The fourth-order valence-corrected chi connectivity index (χ4v) is 3.30. The van der Waals surface area contributed by atoms with E-state index < -0.39 is 0 Å². The van der Waals surface area contributed by atoms with Crippen molar-refractivity contribution in [3.8, 4) is 0 Å². The van der Waals surface area contributed by atoms with Gasteiger partial charge in [-0.2, -0.15) is 0 Å². The van der Waals surface area contributed by atoms with Crippen molar-refractivity contribution in [1.82, 2.24) is 0 Å². The molecule has 1 nitrogen and oxygen atoms in total. The van der Waals surface area contributed by atoms with Crippen LogP contribution in [0.15, 0.2) is 41.2 Å². The van der Waals surface area contributed by atoms with Crippen LogP contribution in [0.25, 0.3) is 20.2 Å². The topological polar surface area (TPSA) is 17.1 Å². The first kappa shape index (κ1) is 10.8. The molecule has 0 bridgehead atoms. The molecule has 0 aliphatic carbocycles. The maximum atomic E-state index is 12.3. The predicted octanol–water partition coefficient (Wildman–Crippen LogP) is 4.38. The van der Waals surface area contributed by atoms with Crippen molar-refractivity contribution in [2.45, 2.75) is 6.92 Å². The fourth-order valence-electron chi connectivity index (χ4n) is 1.96. The molecule has 3 rings (SSSR count). The Labute approximate surface area is 107 Å². The Bertz CT molecular complexity index is 782. The standard InChI is InChI=1S/C14H9ClOS/c1-8-5-6-12-10(7-8)13(16)9-3-2-4-11(15)14(9)17-12/h2-7H,1H3. The van der Waals surface area contributed by atoms with Gasteiger partial charge in [-0.3, -0.25) is 4.79 Å². The van der Waals surface area contributed by atoms with Crippen molar-refractivity contribution in [3.05, 3.63) is 57.2 Å². The summed E-state index contributed by atoms with van der Waals surface area (Å²) in [4.78, 5) is 12.3. The lowest BCUT2D eigenvalue weighted by molar-refractivity contribution is 1.51. The summed E-state index contributed by atoms with van der Waals surface area (Å²) in [5, 5.41) is 2.14. The summed E-state index contributed by atoms with van der Waals surface area (Å²) in [6.07, 6.45) is 0. The van der Waals surface area contributed by atoms with Crippen molar-refractivity contribution in [3.63, 3.8) is 0 Å². The second-order valence-corrected chi connectivity index (χ2v) is 5.51. The van der Waals surface area contributed by atoms with Crippen molar-refractivity contribution in [2.75, 3.05) is 0 Å². The summed E-state index contributed by atoms with van der Waals surface area (Å²) >= 11 is 7.70. The first-order chi connectivity index (χ1) is 8.16. The van der Waals surface area contributed by atoms with Crippen LogP contribution in [0.5, 0.6) is 0 Å². The minimum absolute atomic E-state index is 0.0694. The summed E-state index contributed by atoms with van der Waals surface area (Å²) in [6.45, 7) is 1.99. The van der Waals surface area contributed by atoms with Crippen LogP contribution >= 0.6 is 22.9 Å². The molecule has 0 atom stereocenters. The van der Waals surface area contributed by atoms with Gasteiger partial charge in [0.25, 0.3) is 0 Å². The van der Waals surface area contributed by atoms with Crippen molar-refractivity contribution < 1.29 is 0 Å². The van der Waals surface area contributed by atoms with Gasteiger partial charge in [0.2, 0.25) is 0 Å². The lowest BCUT2D eigenvalue weighted by atomic mass is 10.1. The van der Waals surface area contributed by atoms with Gasteiger partial charge in [0, 0.05) is 15.5 Å². The van der Waals surface area contributed by atoms with Crippen LogP contribution in [0.4, 0.5) is 0 Å². The minimum Gasteiger partial charge on any atom is -0.289 e. The van der Waals surface area contributed by atoms with E-state index in [0.717, 1.165) is 20.3 Å². The summed E-state index contributed by atoms with van der Waals surface area (Å²) in [5.74, 6) is 0. The molecule has 0 saturated heterocycles. The first-order valence-corrected chi connectivity index (χ1v) is 6.48. The van der Waals surface area contributed by atoms with Gasteiger partial charge < -0.3 is 0 Å². The lowest BCUT2D eigenvalue weighted by Crippen LogP contribution is -2.01. The van der Waals surface area contributed by atoms with E-state index in [1.807, 2.05) is 43.3 Å². The third-order valence-corrected chi connectivity index (χ3v) is 4.45. The zero-order valence-electron chi connectivity index (χ0n) is 9.16. The van der Waals surface area contributed by atoms with E-state index in [1.54, 1.807) is 11.3 Å². The van der Waals surface area contributed by atoms with Crippen LogP contribution in [-0.2, 0) is 0 Å². The van der Waals surface area contributed by atoms with Gasteiger partial charge in [0.1, 0.15) is 0 Å². The smallest absolute Gasteiger partial charge is 0.195 e. The number of halogens is 1. The largest absolute Gasteiger partial charge is 0.289 e. The van der Waals surface area contributed by atoms with Gasteiger partial charge in [-0.1, -0.05) is 29.3 Å². The van der Waals surface area contributed by atoms with Gasteiger partial charge in [-0.25, -0.2) is 0 Å². The van der Waals surface area contributed by atoms with Crippen LogP contribution in [-0.4, -0.2) is 0 Å². The Morgan fingerprint density at radius 2 is 1.94 bits per heavy atom. The number of aryl methyl sites for hydroxylation is 1. The van der Waals surface area contributed by atoms with Gasteiger partial charge >= 0.3 is 0 Å². The molecular formula is C14H9ClOS. The van der Waals surface area contributed by atoms with Crippen molar-refractivity contribution >= 4 is 43.1 Å². The molecule has 0 radical (unpaired) electrons. The maximum Gasteiger partial charge on any atom is 0.195 e. The Kier molecular flexibility index (Phi) is 2.42. The zero-order valence-corrected chi connectivity index (χ0v) is 10.7. The average Bonchev–Trinajstić information content (AvgIpc) is 2.32. The molecule has 84 valence electrons. The number of hydrogen-bond acceptors (Lipinski definition) is 2. The van der Waals surface area contributed by atoms with E-state index in [0.29, 0.717) is 10.4 Å². The zero-order chi connectivity index (χ0) is 12.0. The molecule has 0 saturated carbocycles. The van der Waals surface area contributed by atoms with Gasteiger partial charge in [0.15, 0.2) is 5.43 Å². The molecule has 0 amide bonds. The Morgan fingerprint density at radius 3 is 2.76 bits per heavy atom. The fraction of sp³-hybridized carbons (Fsp3) is 0.0714. The van der Waals surface area contributed by atoms with Crippen LogP contribution in [0.1, 0.15) is 5.56 Å². The first-order valence-electron chi connectivity index (χ1n) is 5.28. The quantitative estimate of drug-likeness (QED) is 0.549. The highest BCUT2D eigenvalue weighted by Gasteiger charge is 2.07. The van der Waals surface area contributed by atoms with E-state index in [-0.39, 0.29) is 5.43 Å². The molecule has 17 heavy (non-hydrogen) atoms. The highest BCUT2D eigenvalue weighted by molar-refractivity contribution is 7.25. The van der Waals surface area contributed by atoms with E-state index in [9.17, 15) is 4.79 Å². The van der Waals surface area contributed by atoms with Crippen LogP contribution < -0.4 is 5.43 Å². The molecule has 1 heterocycles. The Morgan fingerprint density at radius 1 is 1.12 bits per heavy atom. The van der Waals surface area contributed by atoms with Crippen LogP contribution in [0, 0.1) is 6.92 Å². The molecule has 0 unspecified atom stereocenters. The monoisotopic (exact) mass is 260 g/mol. The SMILES string of the molecule is Cc1ccc2sc3c(Cl)cccc3c(=O)c2c1. The molecule has 0 aliphatic rings. The second kappa shape index (κ2) is 3.83. The second-order valence-electron chi connectivity index (χ2n) is 4.05. The van der Waals surface area contributed by atoms with Crippen LogP contribution in [0.3, 0.4) is 0 Å². The third kappa shape index (κ3) is 1.65. The highest BCUT2D eigenvalue weighted by atomic mass is 35.5. The highest BCUT2D eigenvalue weighted by Crippen LogP contribution is 2.30. The van der Waals surface area contributed by atoms with Gasteiger partial charge in [-0.15, -0.1) is 11.3 Å². The van der Waals surface area contributed by atoms with Gasteiger partial charge in [-0.05, 0) is 31.2 Å². The average molecular weight is 261 g/mol. The van der Waals surface area contributed by atoms with Crippen molar-refractivity contribution in [2.24, 2.45) is 0 Å². The third-order valence-electron chi connectivity index (χ3n) is 2.80. The van der Waals surface area contributed by atoms with E-state index in [1.165, 1.54) is 0 Å². The number of rotatable bonds is 0. The van der Waals surface area contributed by atoms with Crippen molar-refractivity contribution in [1.29, 1.82) is 0 Å². The van der Waals surface area contributed by atoms with E-state index in [2.05, 4.69) is 0 Å². The molecule has 3 aromatic rings. The molecule has 1 aromatic heterocycles. The lowest BCUT2D eigenvalue weighted by Gasteiger charge is -2.03. The Hall–Kier alpha value is -1.38. The summed E-state index contributed by atoms with van der Waals surface area (Å²) < 4.78 is 1.86. The van der Waals surface area contributed by atoms with Crippen LogP contribution in [0.2, 0.25) is 5.02 Å². The van der Waals surface area contributed by atoms with Gasteiger partial charge in [0.05, 0.1) is 9.72 Å². The van der Waals surface area contributed by atoms with E-state index in [4.69, 9.17) is 11.6 Å². The number of hydrogen-bond donors (Lipinski definition) is 0. The molecular weight excluding hydrogens is 252 g/mol. The molecule has 0 fully saturated rings. The normalized spacial score (nSPS) is 11.2. The summed E-state index contributed by atoms with van der Waals surface area (Å²) in [6, 6.07) is 11.4. The predicted molar refractivity (Wildman–Crippen MR) is 75.3 cm³/mol. The molecule has 0 N–H and O–H groups in total. The number of fused-ring (bicyclic) bond motifs is 2. The molecule has 0 spiro atoms. The molecule has 3 heteroatoms.